The normalized spacial score (nSPS) is 24.3. The molecule has 9 rings (SSSR count). The molecule has 0 spiro atoms. The zero-order chi connectivity index (χ0) is 52.2. The zero-order valence-corrected chi connectivity index (χ0v) is 39.5. The fraction of sp³-hybridized carbons (Fsp3) is 0.320. The summed E-state index contributed by atoms with van der Waals surface area (Å²) in [6.45, 7) is 2.98. The number of anilines is 2. The van der Waals surface area contributed by atoms with Gasteiger partial charge in [0.25, 0.3) is 11.8 Å². The summed E-state index contributed by atoms with van der Waals surface area (Å²) in [6, 6.07) is 8.65. The van der Waals surface area contributed by atoms with Crippen LogP contribution in [0.4, 0.5) is 21.9 Å². The number of fused-ring (bicyclic) bond motifs is 6. The van der Waals surface area contributed by atoms with E-state index < -0.39 is 140 Å². The van der Waals surface area contributed by atoms with Crippen LogP contribution in [-0.4, -0.2) is 105 Å². The Kier molecular flexibility index (Phi) is 11.9. The molecule has 11 N–H and O–H groups in total. The van der Waals surface area contributed by atoms with Crippen molar-refractivity contribution in [1.82, 2.24) is 5.32 Å². The van der Waals surface area contributed by atoms with Gasteiger partial charge in [0, 0.05) is 73.9 Å². The molecular weight excluding hydrogens is 960 g/mol. The van der Waals surface area contributed by atoms with Crippen molar-refractivity contribution in [3.8, 4) is 17.2 Å². The van der Waals surface area contributed by atoms with E-state index in [1.807, 2.05) is 0 Å². The number of carbonyl (C=O) groups excluding carboxylic acids is 7. The van der Waals surface area contributed by atoms with Gasteiger partial charge in [0.15, 0.2) is 34.5 Å². The minimum absolute atomic E-state index is 0.00572. The molecule has 374 valence electrons. The molecule has 0 bridgehead atoms. The number of Topliss-reactive ketones (excluding diaryl/α,β-unsaturated/α-hetero) is 4. The molecule has 0 fully saturated rings. The number of ether oxygens (including phenoxy) is 1. The number of phenols is 2. The first-order valence-corrected chi connectivity index (χ1v) is 22.9. The van der Waals surface area contributed by atoms with E-state index in [1.54, 1.807) is 25.1 Å². The molecule has 0 aliphatic heterocycles. The highest BCUT2D eigenvalue weighted by atomic mass is 35.5. The van der Waals surface area contributed by atoms with Gasteiger partial charge in [-0.2, -0.15) is 0 Å². The van der Waals surface area contributed by atoms with E-state index in [1.165, 1.54) is 37.4 Å². The summed E-state index contributed by atoms with van der Waals surface area (Å²) >= 11 is 5.97. The standard InChI is InChI=1S/C50H47ClN6O15/c1-54-27-16-28(56(2)3)25-12-20-10-22-15-31(59)38(48(53)68)45(66)50(22,70)46(34(20)44(65)36(25)40(27)61)72-57(4)29-13-21(17-55-49(69)71-24-7-5-23(51)6-8-24)39(60)35-26(29)11-18-9-19-14-30(58)37(47(52)67)43(64)33(19)41(62)32(18)42(35)63/h5-8,13,16,18-20,22,33,58-62,70H,1,9-12,14-15,17H2,2-4H3,(H2,52,67)(H2,53,68)(H,55,69)/t18-,19?,20-,22+,33?,50-/m1/s1. The molecule has 2 unspecified atom stereocenters. The number of carbonyl (C=O) groups is 7. The fourth-order valence-corrected chi connectivity index (χ4v) is 11.6. The summed E-state index contributed by atoms with van der Waals surface area (Å²) in [4.78, 5) is 108. The number of halogens is 1. The van der Waals surface area contributed by atoms with Crippen molar-refractivity contribution < 1.29 is 73.8 Å². The van der Waals surface area contributed by atoms with Crippen LogP contribution >= 0.6 is 11.6 Å². The number of aliphatic hydroxyl groups excluding tert-OH is 3. The van der Waals surface area contributed by atoms with Crippen molar-refractivity contribution in [3.63, 3.8) is 0 Å². The van der Waals surface area contributed by atoms with Gasteiger partial charge >= 0.3 is 6.09 Å². The number of nitrogens with one attached hydrogen (secondary N) is 1. The predicted molar refractivity (Wildman–Crippen MR) is 255 cm³/mol. The molecule has 21 nitrogen and oxygen atoms in total. The minimum Gasteiger partial charge on any atom is -0.511 e. The number of amides is 3. The molecule has 3 aromatic rings. The summed E-state index contributed by atoms with van der Waals surface area (Å²) in [5, 5.41) is 73.9. The lowest BCUT2D eigenvalue weighted by Gasteiger charge is -2.47. The number of benzene rings is 3. The van der Waals surface area contributed by atoms with Crippen LogP contribution in [-0.2, 0) is 43.4 Å². The van der Waals surface area contributed by atoms with Crippen LogP contribution in [0.5, 0.6) is 17.2 Å². The Morgan fingerprint density at radius 2 is 1.42 bits per heavy atom. The molecule has 3 aromatic carbocycles. The number of nitrogens with two attached hydrogens (primary N) is 2. The van der Waals surface area contributed by atoms with Crippen molar-refractivity contribution in [2.45, 2.75) is 50.7 Å². The van der Waals surface area contributed by atoms with E-state index in [9.17, 15) is 59.4 Å². The first-order chi connectivity index (χ1) is 34.0. The van der Waals surface area contributed by atoms with Gasteiger partial charge in [0.2, 0.25) is 5.78 Å². The maximum absolute atomic E-state index is 15.1. The number of allylic oxidation sites excluding steroid dienone is 5. The first kappa shape index (κ1) is 48.8. The van der Waals surface area contributed by atoms with Crippen LogP contribution in [0.2, 0.25) is 5.02 Å². The Labute approximate surface area is 413 Å². The van der Waals surface area contributed by atoms with Gasteiger partial charge in [-0.25, -0.2) is 9.86 Å². The highest BCUT2D eigenvalue weighted by Crippen LogP contribution is 2.56. The Morgan fingerprint density at radius 1 is 0.819 bits per heavy atom. The molecular formula is C50H47ClN6O15. The minimum atomic E-state index is -2.88. The van der Waals surface area contributed by atoms with E-state index in [2.05, 4.69) is 17.0 Å². The van der Waals surface area contributed by atoms with Gasteiger partial charge in [-0.15, -0.1) is 0 Å². The molecule has 0 saturated carbocycles. The van der Waals surface area contributed by atoms with E-state index in [0.717, 1.165) is 5.06 Å². The topological polar surface area (TPSA) is 342 Å². The number of nitrogens with zero attached hydrogens (tertiary/aromatic N) is 3. The van der Waals surface area contributed by atoms with E-state index in [0.29, 0.717) is 16.3 Å². The number of primary amides is 2. The van der Waals surface area contributed by atoms with E-state index >= 15 is 4.79 Å². The lowest BCUT2D eigenvalue weighted by Crippen LogP contribution is -2.58. The third-order valence-electron chi connectivity index (χ3n) is 14.6. The first-order valence-electron chi connectivity index (χ1n) is 22.6. The SMILES string of the molecule is C=Nc1cc(N(C)C)c2c(c1O)C(=O)C1=C(ON(C)c3cc(CNC(=O)Oc4ccc(Cl)cc4)c(O)c4c3C[C@H]3CC5CC(O)=C(C(N)=O)C(=O)C5C(O)=C3C4=O)[C@]3(O)C(=O)C(C(N)=O)=C(O)C[C@@H]3C[C@@H]1C2. The summed E-state index contributed by atoms with van der Waals surface area (Å²) in [6.07, 6.45) is -2.00. The van der Waals surface area contributed by atoms with Crippen LogP contribution in [0.3, 0.4) is 0 Å². The highest BCUT2D eigenvalue weighted by Gasteiger charge is 2.61. The van der Waals surface area contributed by atoms with Crippen molar-refractivity contribution in [1.29, 1.82) is 0 Å². The molecule has 0 aromatic heterocycles. The second kappa shape index (κ2) is 17.6. The largest absolute Gasteiger partial charge is 0.511 e. The molecule has 72 heavy (non-hydrogen) atoms. The molecule has 6 aliphatic rings. The molecule has 0 radical (unpaired) electrons. The molecule has 3 amide bonds. The number of ketones is 4. The summed E-state index contributed by atoms with van der Waals surface area (Å²) in [7, 11) is 4.71. The number of phenolic OH excluding ortho intramolecular Hbond substituents is 2. The van der Waals surface area contributed by atoms with Gasteiger partial charge in [-0.05, 0) is 97.7 Å². The molecule has 6 atom stereocenters. The lowest BCUT2D eigenvalue weighted by molar-refractivity contribution is -0.146. The van der Waals surface area contributed by atoms with Gasteiger partial charge in [-0.1, -0.05) is 11.6 Å². The van der Waals surface area contributed by atoms with Crippen LogP contribution in [0.1, 0.15) is 63.1 Å². The van der Waals surface area contributed by atoms with Crippen LogP contribution < -0.4 is 31.5 Å². The third-order valence-corrected chi connectivity index (χ3v) is 14.9. The fourth-order valence-electron chi connectivity index (χ4n) is 11.4. The summed E-state index contributed by atoms with van der Waals surface area (Å²) in [5.74, 6) is -15.9. The van der Waals surface area contributed by atoms with Crippen LogP contribution in [0, 0.1) is 29.6 Å². The quantitative estimate of drug-likeness (QED) is 0.0780. The molecule has 6 aliphatic carbocycles. The third kappa shape index (κ3) is 7.49. The maximum Gasteiger partial charge on any atom is 0.412 e. The Hall–Kier alpha value is -8.17. The van der Waals surface area contributed by atoms with Gasteiger partial charge in [-0.3, -0.25) is 33.8 Å². The number of hydrogen-bond acceptors (Lipinski definition) is 18. The van der Waals surface area contributed by atoms with Gasteiger partial charge in [0.1, 0.15) is 45.6 Å². The maximum atomic E-state index is 15.1. The Bertz CT molecular complexity index is 3170. The summed E-state index contributed by atoms with van der Waals surface area (Å²) < 4.78 is 5.35. The number of hydrogen-bond donors (Lipinski definition) is 9. The Balaban J connectivity index is 1.21. The second-order valence-electron chi connectivity index (χ2n) is 18.9. The monoisotopic (exact) mass is 1010 g/mol. The lowest BCUT2D eigenvalue weighted by atomic mass is 9.60. The number of hydroxylamine groups is 1. The molecule has 22 heteroatoms. The highest BCUT2D eigenvalue weighted by molar-refractivity contribution is 6.30. The van der Waals surface area contributed by atoms with Crippen molar-refractivity contribution >= 4 is 76.4 Å². The number of aliphatic imine (C=N–C) groups is 1. The van der Waals surface area contributed by atoms with Crippen molar-refractivity contribution in [2.75, 3.05) is 31.1 Å². The van der Waals surface area contributed by atoms with E-state index in [-0.39, 0.29) is 77.1 Å². The average molecular weight is 1010 g/mol. The molecule has 0 heterocycles. The second-order valence-corrected chi connectivity index (χ2v) is 19.3. The van der Waals surface area contributed by atoms with E-state index in [4.69, 9.17) is 32.6 Å². The Morgan fingerprint density at radius 3 is 2.04 bits per heavy atom. The number of rotatable bonds is 10. The number of aliphatic hydroxyl groups is 4. The van der Waals surface area contributed by atoms with Crippen molar-refractivity contribution in [2.24, 2.45) is 46.0 Å². The zero-order valence-electron chi connectivity index (χ0n) is 38.7. The number of aromatic hydroxyl groups is 2. The van der Waals surface area contributed by atoms with Crippen LogP contribution in [0.15, 0.2) is 86.7 Å². The predicted octanol–water partition coefficient (Wildman–Crippen LogP) is 4.21. The summed E-state index contributed by atoms with van der Waals surface area (Å²) in [5.41, 5.74) is 5.91. The molecule has 0 saturated heterocycles. The smallest absolute Gasteiger partial charge is 0.412 e. The average Bonchev–Trinajstić information content (AvgIpc) is 3.29. The van der Waals surface area contributed by atoms with Crippen LogP contribution in [0.25, 0.3) is 0 Å². The van der Waals surface area contributed by atoms with Crippen molar-refractivity contribution in [3.05, 3.63) is 115 Å². The van der Waals surface area contributed by atoms with Gasteiger partial charge in [0.05, 0.1) is 22.7 Å². The van der Waals surface area contributed by atoms with Gasteiger partial charge < -0.3 is 61.9 Å².